The second kappa shape index (κ2) is 17.3. The maximum absolute atomic E-state index is 14.6. The SMILES string of the molecule is C=C=C1C[C@@]2(C)CCC3[C@](C)(C(=O)OC4OC(CO)C(O)C(O)C4OC4OC(CO)C(O)C(O)C4O)CCC[C@@]3(C)[C@@H]2CC[C@@]1(C)OC1OC(CO)C(O)C(O)C1O. The predicted molar refractivity (Wildman–Crippen MR) is 197 cm³/mol. The van der Waals surface area contributed by atoms with Gasteiger partial charge in [0, 0.05) is 5.57 Å². The Morgan fingerprint density at radius 2 is 1.19 bits per heavy atom. The maximum atomic E-state index is 14.6. The first-order chi connectivity index (χ1) is 27.2. The van der Waals surface area contributed by atoms with Crippen LogP contribution in [-0.4, -0.2) is 180 Å². The van der Waals surface area contributed by atoms with E-state index < -0.39 is 134 Å². The Bertz CT molecular complexity index is 1510. The number of ether oxygens (including phenoxy) is 6. The predicted octanol–water partition coefficient (Wildman–Crippen LogP) is -2.15. The largest absolute Gasteiger partial charge is 0.432 e. The number of carbonyl (C=O) groups excluding carboxylic acids is 1. The molecule has 0 aromatic heterocycles. The summed E-state index contributed by atoms with van der Waals surface area (Å²) in [5.41, 5.74) is 0.934. The summed E-state index contributed by atoms with van der Waals surface area (Å²) in [7, 11) is 0. The normalized spacial score (nSPS) is 52.5. The van der Waals surface area contributed by atoms with Gasteiger partial charge >= 0.3 is 5.97 Å². The van der Waals surface area contributed by atoms with Crippen molar-refractivity contribution in [3.63, 3.8) is 0 Å². The Labute approximate surface area is 337 Å². The highest BCUT2D eigenvalue weighted by Gasteiger charge is 2.64. The van der Waals surface area contributed by atoms with Crippen LogP contribution >= 0.6 is 0 Å². The Morgan fingerprint density at radius 3 is 1.76 bits per heavy atom. The summed E-state index contributed by atoms with van der Waals surface area (Å²) >= 11 is 0. The van der Waals surface area contributed by atoms with Crippen LogP contribution < -0.4 is 0 Å². The molecule has 0 aromatic carbocycles. The summed E-state index contributed by atoms with van der Waals surface area (Å²) in [5.74, 6) is -0.863. The molecule has 0 aromatic rings. The molecule has 332 valence electrons. The first kappa shape index (κ1) is 45.9. The van der Waals surface area contributed by atoms with E-state index in [1.807, 2.05) is 13.8 Å². The minimum atomic E-state index is -1.87. The van der Waals surface area contributed by atoms with Gasteiger partial charge in [-0.1, -0.05) is 26.8 Å². The smallest absolute Gasteiger partial charge is 0.314 e. The summed E-state index contributed by atoms with van der Waals surface area (Å²) in [5, 5.41) is 114. The average Bonchev–Trinajstić information content (AvgIpc) is 3.30. The van der Waals surface area contributed by atoms with E-state index in [0.29, 0.717) is 44.9 Å². The minimum Gasteiger partial charge on any atom is -0.432 e. The highest BCUT2D eigenvalue weighted by atomic mass is 16.8. The molecule has 6 aliphatic rings. The van der Waals surface area contributed by atoms with E-state index >= 15 is 0 Å². The molecular formula is C40H64O18. The van der Waals surface area contributed by atoms with Crippen LogP contribution in [0.4, 0.5) is 0 Å². The third-order valence-corrected chi connectivity index (χ3v) is 14.8. The van der Waals surface area contributed by atoms with Gasteiger partial charge in [0.05, 0.1) is 30.8 Å². The van der Waals surface area contributed by atoms with Crippen molar-refractivity contribution in [1.29, 1.82) is 0 Å². The molecule has 11 N–H and O–H groups in total. The topological polar surface area (TPSA) is 295 Å². The third-order valence-electron chi connectivity index (χ3n) is 14.8. The molecule has 0 amide bonds. The number of aliphatic hydroxyl groups excluding tert-OH is 11. The molecule has 3 saturated carbocycles. The molecule has 0 bridgehead atoms. The van der Waals surface area contributed by atoms with E-state index in [2.05, 4.69) is 26.2 Å². The number of aliphatic hydroxyl groups is 11. The van der Waals surface area contributed by atoms with E-state index in [9.17, 15) is 61.0 Å². The summed E-state index contributed by atoms with van der Waals surface area (Å²) in [6.45, 7) is 9.95. The van der Waals surface area contributed by atoms with Crippen molar-refractivity contribution in [2.24, 2.45) is 28.1 Å². The fraction of sp³-hybridized carbons (Fsp3) is 0.900. The zero-order valence-corrected chi connectivity index (χ0v) is 33.6. The first-order valence-corrected chi connectivity index (χ1v) is 20.4. The van der Waals surface area contributed by atoms with Crippen LogP contribution in [0.15, 0.2) is 17.9 Å². The number of fused-ring (bicyclic) bond motifs is 3. The van der Waals surface area contributed by atoms with Gasteiger partial charge in [-0.3, -0.25) is 4.79 Å². The minimum absolute atomic E-state index is 0.0266. The van der Waals surface area contributed by atoms with Gasteiger partial charge in [0.2, 0.25) is 6.29 Å². The molecule has 21 atom stereocenters. The molecule has 18 nitrogen and oxygen atoms in total. The van der Waals surface area contributed by atoms with Crippen LogP contribution in [-0.2, 0) is 33.2 Å². The van der Waals surface area contributed by atoms with Gasteiger partial charge in [-0.2, -0.15) is 0 Å². The fourth-order valence-corrected chi connectivity index (χ4v) is 11.4. The molecule has 18 heteroatoms. The van der Waals surface area contributed by atoms with E-state index in [0.717, 1.165) is 12.0 Å². The number of esters is 1. The molecule has 3 aliphatic heterocycles. The third kappa shape index (κ3) is 7.85. The zero-order valence-electron chi connectivity index (χ0n) is 33.6. The monoisotopic (exact) mass is 832 g/mol. The lowest BCUT2D eigenvalue weighted by molar-refractivity contribution is -0.363. The Balaban J connectivity index is 1.24. The van der Waals surface area contributed by atoms with E-state index in [-0.39, 0.29) is 17.3 Å². The van der Waals surface area contributed by atoms with Gasteiger partial charge < -0.3 is 84.6 Å². The number of carbonyl (C=O) groups is 1. The quantitative estimate of drug-likeness (QED) is 0.0872. The molecular weight excluding hydrogens is 768 g/mol. The molecule has 16 unspecified atom stereocenters. The molecule has 6 rings (SSSR count). The van der Waals surface area contributed by atoms with Crippen LogP contribution in [0.5, 0.6) is 0 Å². The molecule has 6 fully saturated rings. The number of hydrogen-bond donors (Lipinski definition) is 11. The van der Waals surface area contributed by atoms with Gasteiger partial charge in [0.1, 0.15) is 67.1 Å². The molecule has 3 aliphatic carbocycles. The van der Waals surface area contributed by atoms with E-state index in [4.69, 9.17) is 28.4 Å². The van der Waals surface area contributed by atoms with Crippen LogP contribution in [0.1, 0.15) is 79.1 Å². The number of rotatable bonds is 9. The second-order valence-corrected chi connectivity index (χ2v) is 18.4. The first-order valence-electron chi connectivity index (χ1n) is 20.4. The van der Waals surface area contributed by atoms with Gasteiger partial charge in [-0.05, 0) is 81.5 Å². The molecule has 0 spiro atoms. The van der Waals surface area contributed by atoms with E-state index in [1.54, 1.807) is 0 Å². The van der Waals surface area contributed by atoms with Crippen molar-refractivity contribution in [3.8, 4) is 0 Å². The van der Waals surface area contributed by atoms with Crippen molar-refractivity contribution < 1.29 is 89.4 Å². The van der Waals surface area contributed by atoms with Gasteiger partial charge in [0.15, 0.2) is 18.7 Å². The van der Waals surface area contributed by atoms with Gasteiger partial charge in [0.25, 0.3) is 0 Å². The van der Waals surface area contributed by atoms with Crippen molar-refractivity contribution in [3.05, 3.63) is 17.9 Å². The molecule has 3 saturated heterocycles. The van der Waals surface area contributed by atoms with Crippen molar-refractivity contribution >= 4 is 5.97 Å². The fourth-order valence-electron chi connectivity index (χ4n) is 11.4. The van der Waals surface area contributed by atoms with Crippen molar-refractivity contribution in [2.75, 3.05) is 19.8 Å². The Kier molecular flexibility index (Phi) is 13.6. The van der Waals surface area contributed by atoms with Gasteiger partial charge in [-0.25, -0.2) is 0 Å². The van der Waals surface area contributed by atoms with Crippen LogP contribution in [0.3, 0.4) is 0 Å². The van der Waals surface area contributed by atoms with Crippen LogP contribution in [0, 0.1) is 28.1 Å². The van der Waals surface area contributed by atoms with Crippen molar-refractivity contribution in [1.82, 2.24) is 0 Å². The lowest BCUT2D eigenvalue weighted by atomic mass is 9.42. The summed E-state index contributed by atoms with van der Waals surface area (Å²) < 4.78 is 35.4. The van der Waals surface area contributed by atoms with Gasteiger partial charge in [-0.15, -0.1) is 5.73 Å². The second-order valence-electron chi connectivity index (χ2n) is 18.4. The van der Waals surface area contributed by atoms with Crippen molar-refractivity contribution in [2.45, 2.75) is 177 Å². The molecule has 0 radical (unpaired) electrons. The summed E-state index contributed by atoms with van der Waals surface area (Å²) in [4.78, 5) is 14.6. The zero-order chi connectivity index (χ0) is 42.7. The van der Waals surface area contributed by atoms with Crippen LogP contribution in [0.25, 0.3) is 0 Å². The summed E-state index contributed by atoms with van der Waals surface area (Å²) in [6, 6.07) is 0. The standard InChI is InChI=1S/C40H64O18/c1-6-18-14-37(2)12-8-23-38(3,22(37)9-13-40(18,5)58-34-31(51)28(48)25(45)20(16-42)54-34)10-7-11-39(23,4)36(52)57-35-32(29(49)26(46)21(17-43)55-35)56-33-30(50)27(47)24(44)19(15-41)53-33/h19-35,41-51H,1,7-17H2,2-5H3/t19?,20?,21?,22-,23?,24?,25?,26?,27?,28?,29?,30?,31?,32?,33?,34?,35?,37-,38+,39-,40-/m1/s1. The molecule has 58 heavy (non-hydrogen) atoms. The average molecular weight is 833 g/mol. The Morgan fingerprint density at radius 1 is 0.672 bits per heavy atom. The van der Waals surface area contributed by atoms with Crippen LogP contribution in [0.2, 0.25) is 0 Å². The highest BCUT2D eigenvalue weighted by molar-refractivity contribution is 5.77. The number of hydrogen-bond acceptors (Lipinski definition) is 18. The lowest BCUT2D eigenvalue weighted by Crippen LogP contribution is -2.65. The summed E-state index contributed by atoms with van der Waals surface area (Å²) in [6.07, 6.45) is -19.4. The molecule has 3 heterocycles. The highest BCUT2D eigenvalue weighted by Crippen LogP contribution is 2.68. The van der Waals surface area contributed by atoms with E-state index in [1.165, 1.54) is 0 Å². The Hall–Kier alpha value is -1.65. The maximum Gasteiger partial charge on any atom is 0.314 e. The lowest BCUT2D eigenvalue weighted by Gasteiger charge is -2.62.